The molecule has 4 rings (SSSR count). The van der Waals surface area contributed by atoms with E-state index in [1.54, 1.807) is 18.2 Å². The lowest BCUT2D eigenvalue weighted by atomic mass is 10.1. The SMILES string of the molecule is COc1ccc2c(COC(=O)c3cc(Cl)c4c(c3)OCCCO4)cc(=O)oc2c1. The Hall–Kier alpha value is -3.19. The topological polar surface area (TPSA) is 84.2 Å². The number of hydrogen-bond acceptors (Lipinski definition) is 7. The molecule has 0 unspecified atom stereocenters. The van der Waals surface area contributed by atoms with E-state index in [1.165, 1.54) is 25.3 Å². The van der Waals surface area contributed by atoms with Crippen molar-refractivity contribution in [3.8, 4) is 17.2 Å². The number of esters is 1. The molecule has 2 heterocycles. The van der Waals surface area contributed by atoms with Crippen LogP contribution in [-0.2, 0) is 11.3 Å². The number of ether oxygens (including phenoxy) is 4. The van der Waals surface area contributed by atoms with Crippen LogP contribution < -0.4 is 19.8 Å². The van der Waals surface area contributed by atoms with Crippen molar-refractivity contribution in [1.29, 1.82) is 0 Å². The zero-order valence-electron chi connectivity index (χ0n) is 15.5. The number of fused-ring (bicyclic) bond motifs is 2. The second-order valence-corrected chi connectivity index (χ2v) is 6.77. The fourth-order valence-corrected chi connectivity index (χ4v) is 3.30. The number of benzene rings is 2. The highest BCUT2D eigenvalue weighted by molar-refractivity contribution is 6.32. The van der Waals surface area contributed by atoms with E-state index in [0.29, 0.717) is 47.0 Å². The molecule has 8 heteroatoms. The molecule has 29 heavy (non-hydrogen) atoms. The van der Waals surface area contributed by atoms with Gasteiger partial charge >= 0.3 is 11.6 Å². The summed E-state index contributed by atoms with van der Waals surface area (Å²) in [5, 5.41) is 0.921. The van der Waals surface area contributed by atoms with Crippen LogP contribution in [0.1, 0.15) is 22.3 Å². The summed E-state index contributed by atoms with van der Waals surface area (Å²) in [7, 11) is 1.52. The molecule has 0 N–H and O–H groups in total. The quantitative estimate of drug-likeness (QED) is 0.470. The molecule has 0 fully saturated rings. The smallest absolute Gasteiger partial charge is 0.338 e. The van der Waals surface area contributed by atoms with Crippen LogP contribution >= 0.6 is 11.6 Å². The third-order valence-corrected chi connectivity index (χ3v) is 4.71. The van der Waals surface area contributed by atoms with E-state index >= 15 is 0 Å². The predicted molar refractivity (Wildman–Crippen MR) is 105 cm³/mol. The van der Waals surface area contributed by atoms with Crippen LogP contribution in [0, 0.1) is 0 Å². The van der Waals surface area contributed by atoms with Gasteiger partial charge in [0.1, 0.15) is 17.9 Å². The first kappa shape index (κ1) is 19.1. The van der Waals surface area contributed by atoms with Gasteiger partial charge in [0.15, 0.2) is 11.5 Å². The molecular formula is C21H17ClO7. The van der Waals surface area contributed by atoms with Gasteiger partial charge in [0, 0.05) is 29.5 Å². The largest absolute Gasteiger partial charge is 0.497 e. The Bertz CT molecular complexity index is 1140. The monoisotopic (exact) mass is 416 g/mol. The van der Waals surface area contributed by atoms with Crippen LogP contribution in [0.2, 0.25) is 5.02 Å². The van der Waals surface area contributed by atoms with Crippen LogP contribution in [0.4, 0.5) is 0 Å². The Kier molecular flexibility index (Phi) is 5.31. The molecule has 3 aromatic rings. The van der Waals surface area contributed by atoms with Gasteiger partial charge in [-0.1, -0.05) is 11.6 Å². The minimum absolute atomic E-state index is 0.112. The van der Waals surface area contributed by atoms with Crippen molar-refractivity contribution in [3.05, 3.63) is 63.0 Å². The van der Waals surface area contributed by atoms with E-state index < -0.39 is 11.6 Å². The summed E-state index contributed by atoms with van der Waals surface area (Å²) in [6.07, 6.45) is 0.721. The van der Waals surface area contributed by atoms with E-state index in [9.17, 15) is 9.59 Å². The van der Waals surface area contributed by atoms with Crippen LogP contribution in [0.25, 0.3) is 11.0 Å². The fraction of sp³-hybridized carbons (Fsp3) is 0.238. The molecule has 150 valence electrons. The molecule has 0 bridgehead atoms. The maximum atomic E-state index is 12.6. The molecule has 0 aliphatic carbocycles. The molecule has 2 aromatic carbocycles. The highest BCUT2D eigenvalue weighted by Gasteiger charge is 2.19. The number of hydrogen-bond donors (Lipinski definition) is 0. The predicted octanol–water partition coefficient (Wildman–Crippen LogP) is 3.97. The van der Waals surface area contributed by atoms with Gasteiger partial charge < -0.3 is 23.4 Å². The molecule has 0 radical (unpaired) electrons. The maximum Gasteiger partial charge on any atom is 0.338 e. The fourth-order valence-electron chi connectivity index (χ4n) is 3.03. The Morgan fingerprint density at radius 2 is 1.97 bits per heavy atom. The number of halogens is 1. The molecule has 0 spiro atoms. The summed E-state index contributed by atoms with van der Waals surface area (Å²) < 4.78 is 26.9. The maximum absolute atomic E-state index is 12.6. The van der Waals surface area contributed by atoms with Crippen LogP contribution in [-0.4, -0.2) is 26.3 Å². The zero-order valence-corrected chi connectivity index (χ0v) is 16.3. The Balaban J connectivity index is 1.58. The average molecular weight is 417 g/mol. The summed E-state index contributed by atoms with van der Waals surface area (Å²) in [5.41, 5.74) is 0.554. The second-order valence-electron chi connectivity index (χ2n) is 6.36. The van der Waals surface area contributed by atoms with Crippen LogP contribution in [0.15, 0.2) is 45.6 Å². The van der Waals surface area contributed by atoms with E-state index in [0.717, 1.165) is 6.42 Å². The highest BCUT2D eigenvalue weighted by atomic mass is 35.5. The van der Waals surface area contributed by atoms with Gasteiger partial charge in [-0.3, -0.25) is 0 Å². The van der Waals surface area contributed by atoms with E-state index in [1.807, 2.05) is 0 Å². The lowest BCUT2D eigenvalue weighted by molar-refractivity contribution is 0.0473. The molecule has 1 aliphatic rings. The van der Waals surface area contributed by atoms with Gasteiger partial charge in [-0.25, -0.2) is 9.59 Å². The molecule has 0 atom stereocenters. The van der Waals surface area contributed by atoms with E-state index in [4.69, 9.17) is 35.0 Å². The van der Waals surface area contributed by atoms with E-state index in [-0.39, 0.29) is 17.2 Å². The molecule has 0 saturated carbocycles. The number of carbonyl (C=O) groups excluding carboxylic acids is 1. The Labute approximate surface area is 170 Å². The first-order chi connectivity index (χ1) is 14.0. The van der Waals surface area contributed by atoms with Crippen LogP contribution in [0.5, 0.6) is 17.2 Å². The Morgan fingerprint density at radius 1 is 1.14 bits per heavy atom. The minimum Gasteiger partial charge on any atom is -0.497 e. The van der Waals surface area contributed by atoms with Gasteiger partial charge in [-0.15, -0.1) is 0 Å². The first-order valence-electron chi connectivity index (χ1n) is 8.92. The van der Waals surface area contributed by atoms with Crippen molar-refractivity contribution in [2.75, 3.05) is 20.3 Å². The minimum atomic E-state index is -0.600. The molecule has 1 aromatic heterocycles. The summed E-state index contributed by atoms with van der Waals surface area (Å²) in [5.74, 6) is 0.773. The van der Waals surface area contributed by atoms with Crippen molar-refractivity contribution >= 4 is 28.5 Å². The van der Waals surface area contributed by atoms with Crippen molar-refractivity contribution in [1.82, 2.24) is 0 Å². The average Bonchev–Trinajstić information content (AvgIpc) is 2.97. The number of carbonyl (C=O) groups is 1. The zero-order chi connectivity index (χ0) is 20.4. The second kappa shape index (κ2) is 8.05. The van der Waals surface area contributed by atoms with Crippen LogP contribution in [0.3, 0.4) is 0 Å². The van der Waals surface area contributed by atoms with Gasteiger partial charge in [0.25, 0.3) is 0 Å². The van der Waals surface area contributed by atoms with Gasteiger partial charge in [-0.05, 0) is 24.3 Å². The summed E-state index contributed by atoms with van der Waals surface area (Å²) in [6, 6.07) is 9.38. The third-order valence-electron chi connectivity index (χ3n) is 4.43. The van der Waals surface area contributed by atoms with Gasteiger partial charge in [0.2, 0.25) is 0 Å². The summed E-state index contributed by atoms with van der Waals surface area (Å²) in [4.78, 5) is 24.4. The number of methoxy groups -OCH3 is 1. The van der Waals surface area contributed by atoms with Crippen molar-refractivity contribution < 1.29 is 28.2 Å². The number of rotatable bonds is 4. The molecule has 0 saturated heterocycles. The molecule has 7 nitrogen and oxygen atoms in total. The van der Waals surface area contributed by atoms with E-state index in [2.05, 4.69) is 0 Å². The van der Waals surface area contributed by atoms with Gasteiger partial charge in [0.05, 0.1) is 30.9 Å². The normalized spacial score (nSPS) is 13.0. The van der Waals surface area contributed by atoms with Crippen molar-refractivity contribution in [2.24, 2.45) is 0 Å². The Morgan fingerprint density at radius 3 is 2.79 bits per heavy atom. The summed E-state index contributed by atoms with van der Waals surface area (Å²) >= 11 is 6.23. The lowest BCUT2D eigenvalue weighted by Crippen LogP contribution is -2.08. The molecular weight excluding hydrogens is 400 g/mol. The third kappa shape index (κ3) is 4.00. The standard InChI is InChI=1S/C21H17ClO7/c1-25-14-3-4-15-13(9-19(23)29-17(15)10-14)11-28-21(24)12-7-16(22)20-18(8-12)26-5-2-6-27-20/h3-4,7-10H,2,5-6,11H2,1H3. The first-order valence-corrected chi connectivity index (χ1v) is 9.30. The summed E-state index contributed by atoms with van der Waals surface area (Å²) in [6.45, 7) is 0.849. The van der Waals surface area contributed by atoms with Gasteiger partial charge in [-0.2, -0.15) is 0 Å². The molecule has 0 amide bonds. The molecule has 1 aliphatic heterocycles. The van der Waals surface area contributed by atoms with Crippen molar-refractivity contribution in [2.45, 2.75) is 13.0 Å². The van der Waals surface area contributed by atoms with Crippen molar-refractivity contribution in [3.63, 3.8) is 0 Å². The lowest BCUT2D eigenvalue weighted by Gasteiger charge is -2.12. The highest BCUT2D eigenvalue weighted by Crippen LogP contribution is 2.38.